The van der Waals surface area contributed by atoms with Crippen LogP contribution in [0.4, 0.5) is 4.39 Å². The maximum Gasteiger partial charge on any atom is 0.233 e. The highest BCUT2D eigenvalue weighted by Crippen LogP contribution is 2.38. The molecule has 0 saturated carbocycles. The van der Waals surface area contributed by atoms with Crippen LogP contribution >= 0.6 is 11.8 Å². The summed E-state index contributed by atoms with van der Waals surface area (Å²) in [5.74, 6) is 1.52. The van der Waals surface area contributed by atoms with Gasteiger partial charge in [0.05, 0.1) is 25.0 Å². The number of fused-ring (bicyclic) bond motifs is 1. The zero-order valence-corrected chi connectivity index (χ0v) is 15.8. The fourth-order valence-corrected chi connectivity index (χ4v) is 4.41. The average molecular weight is 387 g/mol. The largest absolute Gasteiger partial charge is 0.490 e. The van der Waals surface area contributed by atoms with Crippen molar-refractivity contribution in [3.05, 3.63) is 53.8 Å². The number of rotatable bonds is 4. The molecule has 2 aliphatic heterocycles. The van der Waals surface area contributed by atoms with Crippen molar-refractivity contribution < 1.29 is 18.7 Å². The minimum absolute atomic E-state index is 0.0378. The Morgan fingerprint density at radius 2 is 1.93 bits per heavy atom. The summed E-state index contributed by atoms with van der Waals surface area (Å²) in [6, 6.07) is 12.6. The Kier molecular flexibility index (Phi) is 5.53. The highest BCUT2D eigenvalue weighted by atomic mass is 32.2. The smallest absolute Gasteiger partial charge is 0.233 e. The summed E-state index contributed by atoms with van der Waals surface area (Å²) in [7, 11) is 0. The van der Waals surface area contributed by atoms with Gasteiger partial charge in [-0.1, -0.05) is 18.2 Å². The van der Waals surface area contributed by atoms with Crippen molar-refractivity contribution in [2.24, 2.45) is 0 Å². The number of nitrogens with zero attached hydrogens (tertiary/aromatic N) is 1. The van der Waals surface area contributed by atoms with Gasteiger partial charge in [-0.05, 0) is 42.7 Å². The third kappa shape index (κ3) is 4.05. The van der Waals surface area contributed by atoms with Crippen LogP contribution in [0.2, 0.25) is 0 Å². The summed E-state index contributed by atoms with van der Waals surface area (Å²) < 4.78 is 25.3. The summed E-state index contributed by atoms with van der Waals surface area (Å²) in [5, 5.41) is 0. The third-order valence-electron chi connectivity index (χ3n) is 4.92. The summed E-state index contributed by atoms with van der Waals surface area (Å²) in [5.41, 5.74) is 1.07. The molecule has 1 fully saturated rings. The van der Waals surface area contributed by atoms with Crippen LogP contribution in [0, 0.1) is 5.82 Å². The van der Waals surface area contributed by atoms with Gasteiger partial charge in [0.25, 0.3) is 0 Å². The Labute approximate surface area is 162 Å². The van der Waals surface area contributed by atoms with Crippen LogP contribution in [0.3, 0.4) is 0 Å². The van der Waals surface area contributed by atoms with Crippen molar-refractivity contribution in [2.45, 2.75) is 30.2 Å². The van der Waals surface area contributed by atoms with Crippen LogP contribution < -0.4 is 9.47 Å². The maximum absolute atomic E-state index is 13.8. The number of carbonyl (C=O) groups is 1. The average Bonchev–Trinajstić information content (AvgIpc) is 3.06. The van der Waals surface area contributed by atoms with E-state index in [0.29, 0.717) is 18.1 Å². The van der Waals surface area contributed by atoms with E-state index in [1.165, 1.54) is 17.8 Å². The molecule has 0 spiro atoms. The lowest BCUT2D eigenvalue weighted by Gasteiger charge is -2.25. The molecule has 2 aromatic rings. The standard InChI is InChI=1S/C21H22FNO3S/c22-16-5-1-2-7-20(16)27-14-21(24)23-10-3-6-17(23)15-8-9-18-19(13-15)26-12-4-11-25-18/h1-2,5,7-9,13,17H,3-4,6,10-12,14H2/t17-/m0/s1. The molecular formula is C21H22FNO3S. The second kappa shape index (κ2) is 8.21. The first-order chi connectivity index (χ1) is 13.2. The van der Waals surface area contributed by atoms with E-state index < -0.39 is 0 Å². The predicted octanol–water partition coefficient (Wildman–Crippen LogP) is 4.44. The van der Waals surface area contributed by atoms with Crippen molar-refractivity contribution in [1.29, 1.82) is 0 Å². The SMILES string of the molecule is O=C(CSc1ccccc1F)N1CCC[C@H]1c1ccc2c(c1)OCCCO2. The van der Waals surface area contributed by atoms with Gasteiger partial charge in [0.15, 0.2) is 11.5 Å². The Bertz CT molecular complexity index is 829. The van der Waals surface area contributed by atoms with Gasteiger partial charge in [-0.2, -0.15) is 0 Å². The number of hydrogen-bond acceptors (Lipinski definition) is 4. The van der Waals surface area contributed by atoms with E-state index >= 15 is 0 Å². The maximum atomic E-state index is 13.8. The summed E-state index contributed by atoms with van der Waals surface area (Å²) in [4.78, 5) is 15.2. The summed E-state index contributed by atoms with van der Waals surface area (Å²) in [6.07, 6.45) is 2.76. The molecule has 0 aromatic heterocycles. The molecule has 2 heterocycles. The first kappa shape index (κ1) is 18.2. The first-order valence-corrected chi connectivity index (χ1v) is 10.3. The number of ether oxygens (including phenoxy) is 2. The predicted molar refractivity (Wildman–Crippen MR) is 103 cm³/mol. The van der Waals surface area contributed by atoms with Crippen LogP contribution in [0.1, 0.15) is 30.9 Å². The van der Waals surface area contributed by atoms with Crippen LogP contribution in [-0.2, 0) is 4.79 Å². The van der Waals surface area contributed by atoms with Crippen molar-refractivity contribution in [1.82, 2.24) is 4.90 Å². The van der Waals surface area contributed by atoms with Crippen molar-refractivity contribution in [3.63, 3.8) is 0 Å². The number of amides is 1. The molecule has 1 saturated heterocycles. The molecule has 2 aromatic carbocycles. The minimum atomic E-state index is -0.281. The van der Waals surface area contributed by atoms with Gasteiger partial charge in [0.1, 0.15) is 5.82 Å². The molecule has 1 amide bonds. The van der Waals surface area contributed by atoms with Gasteiger partial charge in [-0.15, -0.1) is 11.8 Å². The number of benzene rings is 2. The molecule has 6 heteroatoms. The Balaban J connectivity index is 1.46. The molecule has 0 unspecified atom stereocenters. The van der Waals surface area contributed by atoms with Gasteiger partial charge >= 0.3 is 0 Å². The van der Waals surface area contributed by atoms with E-state index in [1.807, 2.05) is 23.1 Å². The van der Waals surface area contributed by atoms with E-state index in [-0.39, 0.29) is 23.5 Å². The molecule has 2 aliphatic rings. The number of hydrogen-bond donors (Lipinski definition) is 0. The number of likely N-dealkylation sites (tertiary alicyclic amines) is 1. The van der Waals surface area contributed by atoms with Crippen LogP contribution in [-0.4, -0.2) is 36.3 Å². The molecule has 1 atom stereocenters. The minimum Gasteiger partial charge on any atom is -0.490 e. The van der Waals surface area contributed by atoms with Crippen molar-refractivity contribution >= 4 is 17.7 Å². The van der Waals surface area contributed by atoms with E-state index in [1.54, 1.807) is 18.2 Å². The zero-order chi connectivity index (χ0) is 18.6. The second-order valence-electron chi connectivity index (χ2n) is 6.72. The first-order valence-electron chi connectivity index (χ1n) is 9.29. The number of carbonyl (C=O) groups excluding carboxylic acids is 1. The van der Waals surface area contributed by atoms with Gasteiger partial charge < -0.3 is 14.4 Å². The van der Waals surface area contributed by atoms with E-state index in [2.05, 4.69) is 0 Å². The highest BCUT2D eigenvalue weighted by Gasteiger charge is 2.30. The second-order valence-corrected chi connectivity index (χ2v) is 7.74. The molecule has 0 aliphatic carbocycles. The van der Waals surface area contributed by atoms with Crippen LogP contribution in [0.25, 0.3) is 0 Å². The van der Waals surface area contributed by atoms with Crippen molar-refractivity contribution in [3.8, 4) is 11.5 Å². The molecule has 0 radical (unpaired) electrons. The van der Waals surface area contributed by atoms with Gasteiger partial charge in [-0.3, -0.25) is 4.79 Å². The normalized spacial score (nSPS) is 19.0. The lowest BCUT2D eigenvalue weighted by Crippen LogP contribution is -2.32. The lowest BCUT2D eigenvalue weighted by molar-refractivity contribution is -0.129. The van der Waals surface area contributed by atoms with Gasteiger partial charge in [0.2, 0.25) is 5.91 Å². The van der Waals surface area contributed by atoms with Gasteiger partial charge in [0, 0.05) is 17.9 Å². The molecule has 4 nitrogen and oxygen atoms in total. The van der Waals surface area contributed by atoms with Crippen molar-refractivity contribution in [2.75, 3.05) is 25.5 Å². The monoisotopic (exact) mass is 387 g/mol. The molecular weight excluding hydrogens is 365 g/mol. The van der Waals surface area contributed by atoms with Crippen LogP contribution in [0.15, 0.2) is 47.4 Å². The number of thioether (sulfide) groups is 1. The van der Waals surface area contributed by atoms with Gasteiger partial charge in [-0.25, -0.2) is 4.39 Å². The quantitative estimate of drug-likeness (QED) is 0.727. The fourth-order valence-electron chi connectivity index (χ4n) is 3.58. The topological polar surface area (TPSA) is 38.8 Å². The van der Waals surface area contributed by atoms with Crippen LogP contribution in [0.5, 0.6) is 11.5 Å². The van der Waals surface area contributed by atoms with E-state index in [9.17, 15) is 9.18 Å². The third-order valence-corrected chi connectivity index (χ3v) is 5.95. The highest BCUT2D eigenvalue weighted by molar-refractivity contribution is 8.00. The Morgan fingerprint density at radius 1 is 1.11 bits per heavy atom. The molecule has 142 valence electrons. The summed E-state index contributed by atoms with van der Waals surface area (Å²) >= 11 is 1.25. The molecule has 0 N–H and O–H groups in total. The van der Waals surface area contributed by atoms with E-state index in [0.717, 1.165) is 42.9 Å². The molecule has 0 bridgehead atoms. The lowest BCUT2D eigenvalue weighted by atomic mass is 10.0. The molecule has 4 rings (SSSR count). The van der Waals surface area contributed by atoms with E-state index in [4.69, 9.17) is 9.47 Å². The number of halogens is 1. The summed E-state index contributed by atoms with van der Waals surface area (Å²) in [6.45, 7) is 2.03. The fraction of sp³-hybridized carbons (Fsp3) is 0.381. The Morgan fingerprint density at radius 3 is 2.78 bits per heavy atom. The molecule has 27 heavy (non-hydrogen) atoms. The Hall–Kier alpha value is -2.21. The zero-order valence-electron chi connectivity index (χ0n) is 15.0.